The molecule has 0 atom stereocenters. The van der Waals surface area contributed by atoms with Gasteiger partial charge < -0.3 is 14.2 Å². The molecule has 1 aromatic heterocycles. The van der Waals surface area contributed by atoms with Crippen molar-refractivity contribution in [2.24, 2.45) is 0 Å². The summed E-state index contributed by atoms with van der Waals surface area (Å²) in [5.74, 6) is 0.944. The Morgan fingerprint density at radius 2 is 1.85 bits per heavy atom. The molecule has 2 aromatic rings. The van der Waals surface area contributed by atoms with Crippen LogP contribution in [0.3, 0.4) is 0 Å². The van der Waals surface area contributed by atoms with Crippen molar-refractivity contribution in [3.63, 3.8) is 0 Å². The normalized spacial score (nSPS) is 15.3. The highest BCUT2D eigenvalue weighted by Crippen LogP contribution is 2.18. The fourth-order valence-corrected chi connectivity index (χ4v) is 3.38. The Hall–Kier alpha value is -2.37. The molecule has 1 aromatic carbocycles. The summed E-state index contributed by atoms with van der Waals surface area (Å²) in [7, 11) is 0. The lowest BCUT2D eigenvalue weighted by Crippen LogP contribution is -2.37. The molecule has 0 spiro atoms. The minimum Gasteiger partial charge on any atom is -0.441 e. The summed E-state index contributed by atoms with van der Waals surface area (Å²) in [4.78, 5) is 33.0. The lowest BCUT2D eigenvalue weighted by molar-refractivity contribution is -0.133. The van der Waals surface area contributed by atoms with E-state index in [0.29, 0.717) is 38.4 Å². The number of fused-ring (bicyclic) bond motifs is 1. The molecular formula is C20H27N3O3. The van der Waals surface area contributed by atoms with E-state index in [2.05, 4.69) is 11.9 Å². The van der Waals surface area contributed by atoms with E-state index >= 15 is 0 Å². The minimum atomic E-state index is 0.100. The SMILES string of the molecule is CCCCC(=O)N1CCCN(C(=O)Cc2ccc3nc(C)oc3c2)CC1. The third-order valence-corrected chi connectivity index (χ3v) is 4.86. The zero-order valence-electron chi connectivity index (χ0n) is 15.7. The smallest absolute Gasteiger partial charge is 0.227 e. The first-order valence-corrected chi connectivity index (χ1v) is 9.48. The van der Waals surface area contributed by atoms with Crippen molar-refractivity contribution < 1.29 is 14.0 Å². The third-order valence-electron chi connectivity index (χ3n) is 4.86. The van der Waals surface area contributed by atoms with Crippen LogP contribution in [0.4, 0.5) is 0 Å². The average molecular weight is 357 g/mol. The first kappa shape index (κ1) is 18.4. The van der Waals surface area contributed by atoms with Crippen LogP contribution < -0.4 is 0 Å². The van der Waals surface area contributed by atoms with Crippen molar-refractivity contribution in [1.29, 1.82) is 0 Å². The largest absolute Gasteiger partial charge is 0.441 e. The highest BCUT2D eigenvalue weighted by molar-refractivity contribution is 5.81. The van der Waals surface area contributed by atoms with Crippen LogP contribution in [-0.4, -0.2) is 52.8 Å². The number of nitrogens with zero attached hydrogens (tertiary/aromatic N) is 3. The number of hydrogen-bond donors (Lipinski definition) is 0. The predicted molar refractivity (Wildman–Crippen MR) is 99.8 cm³/mol. The quantitative estimate of drug-likeness (QED) is 0.825. The molecule has 1 saturated heterocycles. The highest BCUT2D eigenvalue weighted by atomic mass is 16.3. The third kappa shape index (κ3) is 4.42. The van der Waals surface area contributed by atoms with E-state index in [0.717, 1.165) is 42.5 Å². The maximum atomic E-state index is 12.7. The van der Waals surface area contributed by atoms with Crippen molar-refractivity contribution in [3.8, 4) is 0 Å². The molecule has 0 N–H and O–H groups in total. The Morgan fingerprint density at radius 3 is 2.58 bits per heavy atom. The summed E-state index contributed by atoms with van der Waals surface area (Å²) in [5, 5.41) is 0. The molecule has 1 aliphatic rings. The van der Waals surface area contributed by atoms with Crippen LogP contribution >= 0.6 is 0 Å². The molecule has 6 nitrogen and oxygen atoms in total. The van der Waals surface area contributed by atoms with E-state index in [4.69, 9.17) is 4.42 Å². The second-order valence-electron chi connectivity index (χ2n) is 6.93. The highest BCUT2D eigenvalue weighted by Gasteiger charge is 2.22. The molecule has 2 heterocycles. The van der Waals surface area contributed by atoms with Gasteiger partial charge in [-0.3, -0.25) is 9.59 Å². The van der Waals surface area contributed by atoms with E-state index in [1.165, 1.54) is 0 Å². The van der Waals surface area contributed by atoms with Crippen molar-refractivity contribution in [2.45, 2.75) is 46.0 Å². The summed E-state index contributed by atoms with van der Waals surface area (Å²) >= 11 is 0. The van der Waals surface area contributed by atoms with Crippen LogP contribution in [0.5, 0.6) is 0 Å². The van der Waals surface area contributed by atoms with Gasteiger partial charge in [-0.15, -0.1) is 0 Å². The van der Waals surface area contributed by atoms with Gasteiger partial charge in [-0.2, -0.15) is 0 Å². The number of aryl methyl sites for hydroxylation is 1. The van der Waals surface area contributed by atoms with E-state index in [9.17, 15) is 9.59 Å². The zero-order valence-corrected chi connectivity index (χ0v) is 15.7. The number of carbonyl (C=O) groups excluding carboxylic acids is 2. The monoisotopic (exact) mass is 357 g/mol. The number of benzene rings is 1. The molecule has 6 heteroatoms. The van der Waals surface area contributed by atoms with Gasteiger partial charge in [0.1, 0.15) is 5.52 Å². The van der Waals surface area contributed by atoms with Crippen molar-refractivity contribution in [2.75, 3.05) is 26.2 Å². The maximum Gasteiger partial charge on any atom is 0.227 e. The molecule has 3 rings (SSSR count). The number of amides is 2. The van der Waals surface area contributed by atoms with Gasteiger partial charge in [0.05, 0.1) is 6.42 Å². The van der Waals surface area contributed by atoms with Crippen molar-refractivity contribution in [1.82, 2.24) is 14.8 Å². The fraction of sp³-hybridized carbons (Fsp3) is 0.550. The molecule has 0 aliphatic carbocycles. The first-order valence-electron chi connectivity index (χ1n) is 9.48. The van der Waals surface area contributed by atoms with Crippen molar-refractivity contribution >= 4 is 22.9 Å². The van der Waals surface area contributed by atoms with Crippen LogP contribution in [0.25, 0.3) is 11.1 Å². The number of unbranched alkanes of at least 4 members (excludes halogenated alkanes) is 1. The summed E-state index contributed by atoms with van der Waals surface area (Å²) < 4.78 is 5.55. The van der Waals surface area contributed by atoms with Crippen LogP contribution in [0.1, 0.15) is 44.1 Å². The minimum absolute atomic E-state index is 0.100. The van der Waals surface area contributed by atoms with Gasteiger partial charge in [-0.25, -0.2) is 4.98 Å². The number of hydrogen-bond acceptors (Lipinski definition) is 4. The van der Waals surface area contributed by atoms with E-state index in [-0.39, 0.29) is 11.8 Å². The van der Waals surface area contributed by atoms with Gasteiger partial charge >= 0.3 is 0 Å². The Bertz CT molecular complexity index is 784. The summed E-state index contributed by atoms with van der Waals surface area (Å²) in [6.07, 6.45) is 3.76. The molecule has 26 heavy (non-hydrogen) atoms. The van der Waals surface area contributed by atoms with Crippen molar-refractivity contribution in [3.05, 3.63) is 29.7 Å². The molecule has 1 aliphatic heterocycles. The lowest BCUT2D eigenvalue weighted by Gasteiger charge is -2.22. The molecule has 0 saturated carbocycles. The summed E-state index contributed by atoms with van der Waals surface area (Å²) in [5.41, 5.74) is 2.46. The fourth-order valence-electron chi connectivity index (χ4n) is 3.38. The lowest BCUT2D eigenvalue weighted by atomic mass is 10.1. The van der Waals surface area contributed by atoms with Gasteiger partial charge in [0.15, 0.2) is 11.5 Å². The molecular weight excluding hydrogens is 330 g/mol. The number of aromatic nitrogens is 1. The first-order chi connectivity index (χ1) is 12.6. The standard InChI is InChI=1S/C20H27N3O3/c1-3-4-6-19(24)22-9-5-10-23(12-11-22)20(25)14-16-7-8-17-18(13-16)26-15(2)21-17/h7-8,13H,3-6,9-12,14H2,1-2H3. The van der Waals surface area contributed by atoms with Gasteiger partial charge in [-0.05, 0) is 30.5 Å². The zero-order chi connectivity index (χ0) is 18.5. The molecule has 0 bridgehead atoms. The second-order valence-corrected chi connectivity index (χ2v) is 6.93. The number of carbonyl (C=O) groups is 2. The Morgan fingerprint density at radius 1 is 1.12 bits per heavy atom. The van der Waals surface area contributed by atoms with E-state index in [1.54, 1.807) is 0 Å². The van der Waals surface area contributed by atoms with Gasteiger partial charge in [-0.1, -0.05) is 19.4 Å². The molecule has 1 fully saturated rings. The second kappa shape index (κ2) is 8.34. The van der Waals surface area contributed by atoms with Crippen LogP contribution in [-0.2, 0) is 16.0 Å². The Balaban J connectivity index is 1.58. The summed E-state index contributed by atoms with van der Waals surface area (Å²) in [6.45, 7) is 6.60. The Labute approximate surface area is 154 Å². The number of rotatable bonds is 5. The van der Waals surface area contributed by atoms with Gasteiger partial charge in [0.25, 0.3) is 0 Å². The topological polar surface area (TPSA) is 66.7 Å². The summed E-state index contributed by atoms with van der Waals surface area (Å²) in [6, 6.07) is 5.72. The van der Waals surface area contributed by atoms with Gasteiger partial charge in [0.2, 0.25) is 11.8 Å². The average Bonchev–Trinajstić information content (AvgIpc) is 2.82. The Kier molecular flexibility index (Phi) is 5.91. The predicted octanol–water partition coefficient (Wildman–Crippen LogP) is 2.93. The number of oxazole rings is 1. The van der Waals surface area contributed by atoms with E-state index < -0.39 is 0 Å². The van der Waals surface area contributed by atoms with E-state index in [1.807, 2.05) is 34.9 Å². The molecule has 0 radical (unpaired) electrons. The maximum absolute atomic E-state index is 12.7. The van der Waals surface area contributed by atoms with Crippen LogP contribution in [0, 0.1) is 6.92 Å². The van der Waals surface area contributed by atoms with Crippen LogP contribution in [0.2, 0.25) is 0 Å². The molecule has 140 valence electrons. The molecule has 2 amide bonds. The van der Waals surface area contributed by atoms with Crippen LogP contribution in [0.15, 0.2) is 22.6 Å². The van der Waals surface area contributed by atoms with Gasteiger partial charge in [0, 0.05) is 39.5 Å². The molecule has 0 unspecified atom stereocenters.